The number of nitrogens with zero attached hydrogens (tertiary/aromatic N) is 1. The summed E-state index contributed by atoms with van der Waals surface area (Å²) in [7, 11) is 1.28. The van der Waals surface area contributed by atoms with Crippen LogP contribution >= 0.6 is 0 Å². The predicted octanol–water partition coefficient (Wildman–Crippen LogP) is 5.85. The second kappa shape index (κ2) is 9.65. The normalized spacial score (nSPS) is 23.8. The topological polar surface area (TPSA) is 55.8 Å². The standard InChI is InChI=1S/C20H20F3NO4.C7H6/c1-3-14-11-15-16(24(14)19(26)27-2)8-5-9-17(15)28-18(25)12-6-4-7-13(10-12)20(21,22)23;1-5-4-6-2-3-7(5)6/h1,4,6-7,10,14-17H,5,8-9,11H2,2H3;2-4H,1H3/t14?,15-,16-,17+;/m1./s1. The Morgan fingerprint density at radius 1 is 1.14 bits per heavy atom. The van der Waals surface area contributed by atoms with Crippen molar-refractivity contribution in [1.82, 2.24) is 4.90 Å². The number of carbonyl (C=O) groups is 2. The molecule has 4 atom stereocenters. The Kier molecular flexibility index (Phi) is 6.79. The van der Waals surface area contributed by atoms with Gasteiger partial charge >= 0.3 is 18.2 Å². The highest BCUT2D eigenvalue weighted by Crippen LogP contribution is 2.41. The third-order valence-corrected chi connectivity index (χ3v) is 6.95. The van der Waals surface area contributed by atoms with Gasteiger partial charge in [0.1, 0.15) is 6.10 Å². The summed E-state index contributed by atoms with van der Waals surface area (Å²) in [5, 5.41) is 0. The van der Waals surface area contributed by atoms with Crippen LogP contribution in [0.5, 0.6) is 0 Å². The van der Waals surface area contributed by atoms with Gasteiger partial charge in [0.2, 0.25) is 0 Å². The summed E-state index contributed by atoms with van der Waals surface area (Å²) < 4.78 is 49.0. The molecular weight excluding hydrogens is 459 g/mol. The Labute approximate surface area is 202 Å². The van der Waals surface area contributed by atoms with E-state index in [4.69, 9.17) is 15.9 Å². The number of aryl methyl sites for hydroxylation is 1. The van der Waals surface area contributed by atoms with E-state index in [0.29, 0.717) is 25.7 Å². The van der Waals surface area contributed by atoms with E-state index in [9.17, 15) is 22.8 Å². The molecule has 1 unspecified atom stereocenters. The molecule has 35 heavy (non-hydrogen) atoms. The van der Waals surface area contributed by atoms with Crippen LogP contribution in [0.1, 0.15) is 47.2 Å². The summed E-state index contributed by atoms with van der Waals surface area (Å²) >= 11 is 0. The predicted molar refractivity (Wildman–Crippen MR) is 123 cm³/mol. The number of likely N-dealkylation sites (tertiary alicyclic amines) is 1. The van der Waals surface area contributed by atoms with Crippen LogP contribution in [0, 0.1) is 25.2 Å². The Morgan fingerprint density at radius 3 is 2.43 bits per heavy atom. The molecule has 2 fully saturated rings. The fraction of sp³-hybridized carbons (Fsp3) is 0.407. The number of ether oxygens (including phenoxy) is 2. The first-order valence-electron chi connectivity index (χ1n) is 11.5. The van der Waals surface area contributed by atoms with Gasteiger partial charge < -0.3 is 9.47 Å². The van der Waals surface area contributed by atoms with E-state index in [2.05, 4.69) is 31.0 Å². The zero-order valence-electron chi connectivity index (χ0n) is 19.5. The quantitative estimate of drug-likeness (QED) is 0.338. The first-order valence-corrected chi connectivity index (χ1v) is 11.5. The summed E-state index contributed by atoms with van der Waals surface area (Å²) in [6.45, 7) is 2.14. The minimum atomic E-state index is -4.54. The summed E-state index contributed by atoms with van der Waals surface area (Å²) in [4.78, 5) is 26.1. The average Bonchev–Trinajstić information content (AvgIpc) is 3.21. The van der Waals surface area contributed by atoms with E-state index < -0.39 is 35.9 Å². The summed E-state index contributed by atoms with van der Waals surface area (Å²) in [6, 6.07) is 9.96. The molecule has 1 aliphatic heterocycles. The zero-order valence-corrected chi connectivity index (χ0v) is 19.5. The molecule has 3 aliphatic carbocycles. The number of alkyl halides is 3. The Hall–Kier alpha value is -3.47. The maximum Gasteiger partial charge on any atom is 0.416 e. The van der Waals surface area contributed by atoms with E-state index in [1.165, 1.54) is 40.8 Å². The molecule has 5 rings (SSSR count). The van der Waals surface area contributed by atoms with Gasteiger partial charge in [0.25, 0.3) is 0 Å². The van der Waals surface area contributed by atoms with Crippen LogP contribution in [0.3, 0.4) is 0 Å². The molecule has 0 N–H and O–H groups in total. The average molecular weight is 486 g/mol. The number of terminal acetylenes is 1. The van der Waals surface area contributed by atoms with Crippen LogP contribution in [0.2, 0.25) is 0 Å². The van der Waals surface area contributed by atoms with Gasteiger partial charge in [-0.25, -0.2) is 9.59 Å². The van der Waals surface area contributed by atoms with E-state index >= 15 is 0 Å². The number of halogens is 3. The van der Waals surface area contributed by atoms with Crippen molar-refractivity contribution < 1.29 is 32.2 Å². The van der Waals surface area contributed by atoms with Crippen LogP contribution in [-0.2, 0) is 15.7 Å². The van der Waals surface area contributed by atoms with Gasteiger partial charge in [-0.2, -0.15) is 13.2 Å². The van der Waals surface area contributed by atoms with E-state index in [-0.39, 0.29) is 17.5 Å². The molecular formula is C27H26F3NO4. The molecule has 4 aliphatic rings. The molecule has 1 amide bonds. The summed E-state index contributed by atoms with van der Waals surface area (Å²) in [6.07, 6.45) is 2.39. The second-order valence-corrected chi connectivity index (χ2v) is 9.01. The molecule has 1 saturated carbocycles. The van der Waals surface area contributed by atoms with Gasteiger partial charge in [0.15, 0.2) is 0 Å². The number of fused-ring (bicyclic) bond motifs is 2. The highest BCUT2D eigenvalue weighted by atomic mass is 19.4. The van der Waals surface area contributed by atoms with Crippen LogP contribution in [-0.4, -0.2) is 42.3 Å². The number of esters is 1. The molecule has 5 nitrogen and oxygen atoms in total. The summed E-state index contributed by atoms with van der Waals surface area (Å²) in [5.41, 5.74) is 3.29. The molecule has 1 aromatic carbocycles. The zero-order chi connectivity index (χ0) is 25.3. The Bertz CT molecular complexity index is 1170. The third kappa shape index (κ3) is 4.86. The maximum absolute atomic E-state index is 12.9. The van der Waals surface area contributed by atoms with Crippen LogP contribution in [0.25, 0.3) is 11.1 Å². The number of methoxy groups -OCH3 is 1. The number of rotatable bonds is 2. The van der Waals surface area contributed by atoms with E-state index in [1.54, 1.807) is 0 Å². The van der Waals surface area contributed by atoms with Gasteiger partial charge in [-0.1, -0.05) is 30.2 Å². The molecule has 0 bridgehead atoms. The van der Waals surface area contributed by atoms with E-state index in [0.717, 1.165) is 12.1 Å². The fourth-order valence-corrected chi connectivity index (χ4v) is 5.13. The van der Waals surface area contributed by atoms with Crippen molar-refractivity contribution in [2.75, 3.05) is 7.11 Å². The van der Waals surface area contributed by atoms with Crippen molar-refractivity contribution in [1.29, 1.82) is 0 Å². The van der Waals surface area contributed by atoms with E-state index in [1.807, 2.05) is 0 Å². The minimum absolute atomic E-state index is 0.159. The summed E-state index contributed by atoms with van der Waals surface area (Å²) in [5.74, 6) is 1.58. The fourth-order valence-electron chi connectivity index (χ4n) is 5.13. The first kappa shape index (κ1) is 24.6. The van der Waals surface area contributed by atoms with Crippen molar-refractivity contribution in [3.05, 3.63) is 59.2 Å². The molecule has 8 heteroatoms. The second-order valence-electron chi connectivity index (χ2n) is 9.01. The van der Waals surface area contributed by atoms with Crippen LogP contribution < -0.4 is 0 Å². The highest BCUT2D eigenvalue weighted by Gasteiger charge is 2.49. The monoisotopic (exact) mass is 485 g/mol. The number of hydrogen-bond acceptors (Lipinski definition) is 4. The van der Waals surface area contributed by atoms with Crippen LogP contribution in [0.4, 0.5) is 18.0 Å². The number of hydrogen-bond donors (Lipinski definition) is 0. The SMILES string of the molecule is C#CC1C[C@H]2[C@@H](OC(=O)c3cccc(C(F)(F)F)c3)CCC[C@H]2N1C(=O)OC.Cc1cc2ccc1-2. The van der Waals surface area contributed by atoms with Gasteiger partial charge in [-0.3, -0.25) is 4.90 Å². The number of carbonyl (C=O) groups excluding carboxylic acids is 2. The van der Waals surface area contributed by atoms with Gasteiger partial charge in [0, 0.05) is 12.0 Å². The van der Waals surface area contributed by atoms with Crippen LogP contribution in [0.15, 0.2) is 42.5 Å². The lowest BCUT2D eigenvalue weighted by Gasteiger charge is -2.36. The number of amides is 1. The molecule has 1 saturated heterocycles. The molecule has 0 aromatic heterocycles. The number of benzene rings is 2. The lowest BCUT2D eigenvalue weighted by Crippen LogP contribution is -2.46. The molecule has 0 radical (unpaired) electrons. The molecule has 1 aromatic rings. The van der Waals surface area contributed by atoms with Crippen molar-refractivity contribution in [3.63, 3.8) is 0 Å². The Balaban J connectivity index is 0.000000347. The smallest absolute Gasteiger partial charge is 0.416 e. The first-order chi connectivity index (χ1) is 16.6. The van der Waals surface area contributed by atoms with Crippen molar-refractivity contribution in [3.8, 4) is 23.5 Å². The van der Waals surface area contributed by atoms with Gasteiger partial charge in [-0.05, 0) is 67.5 Å². The van der Waals surface area contributed by atoms with Crippen molar-refractivity contribution in [2.45, 2.75) is 57.0 Å². The molecule has 0 spiro atoms. The molecule has 1 heterocycles. The highest BCUT2D eigenvalue weighted by molar-refractivity contribution is 5.89. The van der Waals surface area contributed by atoms with Crippen molar-refractivity contribution >= 4 is 12.1 Å². The Morgan fingerprint density at radius 2 is 1.91 bits per heavy atom. The van der Waals surface area contributed by atoms with Crippen molar-refractivity contribution in [2.24, 2.45) is 5.92 Å². The maximum atomic E-state index is 12.9. The lowest BCUT2D eigenvalue weighted by molar-refractivity contribution is -0.137. The third-order valence-electron chi connectivity index (χ3n) is 6.95. The van der Waals surface area contributed by atoms with Gasteiger partial charge in [0.05, 0.1) is 24.3 Å². The van der Waals surface area contributed by atoms with Gasteiger partial charge in [-0.15, -0.1) is 6.42 Å². The molecule has 184 valence electrons. The lowest BCUT2D eigenvalue weighted by atomic mass is 9.82. The minimum Gasteiger partial charge on any atom is -0.458 e. The largest absolute Gasteiger partial charge is 0.458 e.